The highest BCUT2D eigenvalue weighted by molar-refractivity contribution is 7.99. The highest BCUT2D eigenvalue weighted by atomic mass is 32.2. The lowest BCUT2D eigenvalue weighted by Crippen LogP contribution is -1.96. The summed E-state index contributed by atoms with van der Waals surface area (Å²) in [5, 5.41) is 4.17. The number of nitrogens with two attached hydrogens (primary N) is 1. The summed E-state index contributed by atoms with van der Waals surface area (Å²) in [7, 11) is 0. The molecule has 0 amide bonds. The average molecular weight is 313 g/mol. The molecule has 3 aromatic rings. The number of anilines is 1. The van der Waals surface area contributed by atoms with Crippen LogP contribution in [0.25, 0.3) is 10.8 Å². The lowest BCUT2D eigenvalue weighted by molar-refractivity contribution is 0.900. The molecule has 2 N–H and O–H groups in total. The van der Waals surface area contributed by atoms with Gasteiger partial charge in [-0.25, -0.2) is 9.97 Å². The predicted molar refractivity (Wildman–Crippen MR) is 91.7 cm³/mol. The Morgan fingerprint density at radius 1 is 1.05 bits per heavy atom. The van der Waals surface area contributed by atoms with Crippen LogP contribution in [0.2, 0.25) is 0 Å². The van der Waals surface area contributed by atoms with Gasteiger partial charge < -0.3 is 5.73 Å². The molecule has 0 fully saturated rings. The van der Waals surface area contributed by atoms with Gasteiger partial charge in [-0.15, -0.1) is 11.8 Å². The summed E-state index contributed by atoms with van der Waals surface area (Å²) < 4.78 is 0. The first-order chi connectivity index (χ1) is 10.3. The Balaban J connectivity index is 1.85. The lowest BCUT2D eigenvalue weighted by Gasteiger charge is -2.07. The van der Waals surface area contributed by atoms with Crippen LogP contribution in [0.1, 0.15) is 5.56 Å². The summed E-state index contributed by atoms with van der Waals surface area (Å²) in [6.45, 7) is 0. The summed E-state index contributed by atoms with van der Waals surface area (Å²) in [6, 6.07) is 16.6. The SMILES string of the molecule is CSc1cc(N)nc(SCc2cccc3ccccc23)n1. The first-order valence-corrected chi connectivity index (χ1v) is 8.75. The fraction of sp³-hybridized carbons (Fsp3) is 0.125. The minimum Gasteiger partial charge on any atom is -0.384 e. The largest absolute Gasteiger partial charge is 0.384 e. The first kappa shape index (κ1) is 14.2. The van der Waals surface area contributed by atoms with E-state index in [1.54, 1.807) is 29.6 Å². The second-order valence-electron chi connectivity index (χ2n) is 4.54. The topological polar surface area (TPSA) is 51.8 Å². The molecule has 3 nitrogen and oxygen atoms in total. The van der Waals surface area contributed by atoms with Crippen molar-refractivity contribution in [3.05, 3.63) is 54.1 Å². The van der Waals surface area contributed by atoms with Crippen LogP contribution in [0, 0.1) is 0 Å². The van der Waals surface area contributed by atoms with Crippen molar-refractivity contribution in [2.24, 2.45) is 0 Å². The van der Waals surface area contributed by atoms with E-state index in [2.05, 4.69) is 52.4 Å². The van der Waals surface area contributed by atoms with Crippen molar-refractivity contribution in [1.82, 2.24) is 9.97 Å². The molecule has 0 aliphatic carbocycles. The van der Waals surface area contributed by atoms with Crippen LogP contribution in [-0.2, 0) is 5.75 Å². The zero-order chi connectivity index (χ0) is 14.7. The van der Waals surface area contributed by atoms with E-state index in [0.717, 1.165) is 15.9 Å². The number of nitrogens with zero attached hydrogens (tertiary/aromatic N) is 2. The van der Waals surface area contributed by atoms with Crippen LogP contribution in [0.4, 0.5) is 5.82 Å². The van der Waals surface area contributed by atoms with Crippen molar-refractivity contribution < 1.29 is 0 Å². The van der Waals surface area contributed by atoms with E-state index in [9.17, 15) is 0 Å². The molecular formula is C16H15N3S2. The highest BCUT2D eigenvalue weighted by Gasteiger charge is 2.05. The Bertz CT molecular complexity index is 769. The number of thioether (sulfide) groups is 2. The van der Waals surface area contributed by atoms with Crippen molar-refractivity contribution in [2.75, 3.05) is 12.0 Å². The van der Waals surface area contributed by atoms with Crippen molar-refractivity contribution >= 4 is 40.1 Å². The van der Waals surface area contributed by atoms with Crippen LogP contribution in [0.3, 0.4) is 0 Å². The van der Waals surface area contributed by atoms with E-state index >= 15 is 0 Å². The Hall–Kier alpha value is -1.72. The van der Waals surface area contributed by atoms with E-state index in [4.69, 9.17) is 5.73 Å². The Morgan fingerprint density at radius 2 is 1.86 bits per heavy atom. The standard InChI is InChI=1S/C16H15N3S2/c1-20-15-9-14(17)18-16(19-15)21-10-12-7-4-6-11-5-2-3-8-13(11)12/h2-9H,10H2,1H3,(H2,17,18,19). The summed E-state index contributed by atoms with van der Waals surface area (Å²) >= 11 is 3.19. The molecule has 0 saturated heterocycles. The van der Waals surface area contributed by atoms with Gasteiger partial charge in [-0.3, -0.25) is 0 Å². The Morgan fingerprint density at radius 3 is 2.71 bits per heavy atom. The van der Waals surface area contributed by atoms with Gasteiger partial charge in [-0.2, -0.15) is 0 Å². The summed E-state index contributed by atoms with van der Waals surface area (Å²) in [4.78, 5) is 8.78. The molecule has 0 bridgehead atoms. The van der Waals surface area contributed by atoms with Crippen LogP contribution in [0.5, 0.6) is 0 Å². The van der Waals surface area contributed by atoms with Gasteiger partial charge in [0.05, 0.1) is 0 Å². The molecule has 0 radical (unpaired) electrons. The third-order valence-corrected chi connectivity index (χ3v) is 4.67. The van der Waals surface area contributed by atoms with Gasteiger partial charge in [-0.1, -0.05) is 54.2 Å². The van der Waals surface area contributed by atoms with Crippen molar-refractivity contribution in [2.45, 2.75) is 15.9 Å². The second-order valence-corrected chi connectivity index (χ2v) is 6.31. The summed E-state index contributed by atoms with van der Waals surface area (Å²) in [6.07, 6.45) is 1.99. The molecule has 0 aliphatic heterocycles. The summed E-state index contributed by atoms with van der Waals surface area (Å²) in [5.74, 6) is 1.35. The zero-order valence-corrected chi connectivity index (χ0v) is 13.2. The van der Waals surface area contributed by atoms with Gasteiger partial charge in [0, 0.05) is 11.8 Å². The first-order valence-electron chi connectivity index (χ1n) is 6.54. The van der Waals surface area contributed by atoms with Gasteiger partial charge >= 0.3 is 0 Å². The van der Waals surface area contributed by atoms with E-state index in [1.165, 1.54) is 16.3 Å². The van der Waals surface area contributed by atoms with E-state index in [-0.39, 0.29) is 0 Å². The molecule has 21 heavy (non-hydrogen) atoms. The van der Waals surface area contributed by atoms with Gasteiger partial charge in [-0.05, 0) is 22.6 Å². The molecule has 1 heterocycles. The van der Waals surface area contributed by atoms with Crippen LogP contribution >= 0.6 is 23.5 Å². The zero-order valence-electron chi connectivity index (χ0n) is 11.6. The molecule has 5 heteroatoms. The third kappa shape index (κ3) is 3.31. The Kier molecular flexibility index (Phi) is 4.31. The molecule has 3 rings (SSSR count). The molecule has 106 valence electrons. The summed E-state index contributed by atoms with van der Waals surface area (Å²) in [5.41, 5.74) is 7.10. The van der Waals surface area contributed by atoms with Crippen LogP contribution < -0.4 is 5.73 Å². The van der Waals surface area contributed by atoms with E-state index in [0.29, 0.717) is 5.82 Å². The molecule has 0 spiro atoms. The van der Waals surface area contributed by atoms with Gasteiger partial charge in [0.25, 0.3) is 0 Å². The maximum Gasteiger partial charge on any atom is 0.190 e. The average Bonchev–Trinajstić information content (AvgIpc) is 2.52. The quantitative estimate of drug-likeness (QED) is 0.444. The van der Waals surface area contributed by atoms with Crippen molar-refractivity contribution in [3.8, 4) is 0 Å². The molecule has 0 atom stereocenters. The monoisotopic (exact) mass is 313 g/mol. The normalized spacial score (nSPS) is 10.9. The number of fused-ring (bicyclic) bond motifs is 1. The molecule has 0 unspecified atom stereocenters. The fourth-order valence-corrected chi connectivity index (χ4v) is 3.49. The predicted octanol–water partition coefficient (Wildman–Crippen LogP) is 4.23. The third-order valence-electron chi connectivity index (χ3n) is 3.15. The molecule has 2 aromatic carbocycles. The number of hydrogen-bond donors (Lipinski definition) is 1. The minimum absolute atomic E-state index is 0.523. The maximum atomic E-state index is 5.82. The molecule has 0 aliphatic rings. The molecule has 1 aromatic heterocycles. The molecular weight excluding hydrogens is 298 g/mol. The second kappa shape index (κ2) is 6.37. The van der Waals surface area contributed by atoms with Gasteiger partial charge in [0.2, 0.25) is 0 Å². The number of aromatic nitrogens is 2. The van der Waals surface area contributed by atoms with Crippen LogP contribution in [-0.4, -0.2) is 16.2 Å². The highest BCUT2D eigenvalue weighted by Crippen LogP contribution is 2.27. The maximum absolute atomic E-state index is 5.82. The van der Waals surface area contributed by atoms with Crippen molar-refractivity contribution in [1.29, 1.82) is 0 Å². The Labute approximate surface area is 132 Å². The van der Waals surface area contributed by atoms with Crippen LogP contribution in [0.15, 0.2) is 58.7 Å². The smallest absolute Gasteiger partial charge is 0.190 e. The lowest BCUT2D eigenvalue weighted by atomic mass is 10.1. The molecule has 0 saturated carbocycles. The fourth-order valence-electron chi connectivity index (χ4n) is 2.15. The van der Waals surface area contributed by atoms with Gasteiger partial charge in [0.1, 0.15) is 10.8 Å². The van der Waals surface area contributed by atoms with E-state index < -0.39 is 0 Å². The number of nitrogen functional groups attached to an aromatic ring is 1. The van der Waals surface area contributed by atoms with E-state index in [1.807, 2.05) is 6.26 Å². The van der Waals surface area contributed by atoms with Gasteiger partial charge in [0.15, 0.2) is 5.16 Å². The number of rotatable bonds is 4. The number of benzene rings is 2. The number of hydrogen-bond acceptors (Lipinski definition) is 5. The van der Waals surface area contributed by atoms with Crippen molar-refractivity contribution in [3.63, 3.8) is 0 Å². The minimum atomic E-state index is 0.523.